The van der Waals surface area contributed by atoms with Crippen LogP contribution in [0.25, 0.3) is 10.9 Å². The van der Waals surface area contributed by atoms with Gasteiger partial charge in [-0.25, -0.2) is 4.98 Å². The topological polar surface area (TPSA) is 70.9 Å². The smallest absolute Gasteiger partial charge is 0.147 e. The molecule has 3 heterocycles. The van der Waals surface area contributed by atoms with E-state index in [-0.39, 0.29) is 11.8 Å². The molecule has 0 aliphatic rings. The molecule has 27 heavy (non-hydrogen) atoms. The van der Waals surface area contributed by atoms with Crippen LogP contribution in [-0.2, 0) is 0 Å². The van der Waals surface area contributed by atoms with Gasteiger partial charge in [-0.15, -0.1) is 0 Å². The van der Waals surface area contributed by atoms with Crippen LogP contribution in [0.15, 0.2) is 67.3 Å². The summed E-state index contributed by atoms with van der Waals surface area (Å²) >= 11 is 6.49. The number of aromatic nitrogens is 3. The molecule has 0 amide bonds. The Bertz CT molecular complexity index is 1100. The van der Waals surface area contributed by atoms with Gasteiger partial charge in [-0.05, 0) is 60.5 Å². The van der Waals surface area contributed by atoms with E-state index in [0.29, 0.717) is 27.3 Å². The fourth-order valence-electron chi connectivity index (χ4n) is 3.09. The summed E-state index contributed by atoms with van der Waals surface area (Å²) < 4.78 is 0. The fraction of sp³-hybridized carbons (Fsp3) is 0.0952. The van der Waals surface area contributed by atoms with Crippen molar-refractivity contribution in [3.05, 3.63) is 89.0 Å². The van der Waals surface area contributed by atoms with Gasteiger partial charge in [-0.2, -0.15) is 0 Å². The minimum atomic E-state index is -0.369. The van der Waals surface area contributed by atoms with Gasteiger partial charge in [0, 0.05) is 35.7 Å². The highest BCUT2D eigenvalue weighted by Gasteiger charge is 2.22. The van der Waals surface area contributed by atoms with Crippen molar-refractivity contribution in [3.8, 4) is 5.75 Å². The largest absolute Gasteiger partial charge is 0.505 e. The van der Waals surface area contributed by atoms with Gasteiger partial charge in [-0.3, -0.25) is 9.97 Å². The van der Waals surface area contributed by atoms with Crippen molar-refractivity contribution in [1.82, 2.24) is 15.0 Å². The third-order valence-corrected chi connectivity index (χ3v) is 4.72. The number of aromatic hydroxyl groups is 1. The second-order valence-corrected chi connectivity index (χ2v) is 6.68. The number of benzene rings is 1. The highest BCUT2D eigenvalue weighted by atomic mass is 35.5. The quantitative estimate of drug-likeness (QED) is 0.530. The van der Waals surface area contributed by atoms with E-state index >= 15 is 0 Å². The molecule has 1 aromatic carbocycles. The first-order valence-electron chi connectivity index (χ1n) is 8.48. The Labute approximate surface area is 161 Å². The van der Waals surface area contributed by atoms with Crippen LogP contribution >= 0.6 is 11.6 Å². The van der Waals surface area contributed by atoms with Gasteiger partial charge < -0.3 is 10.4 Å². The molecule has 0 saturated heterocycles. The third-order valence-electron chi connectivity index (χ3n) is 4.40. The zero-order valence-electron chi connectivity index (χ0n) is 14.6. The average Bonchev–Trinajstić information content (AvgIpc) is 2.70. The molecule has 134 valence electrons. The van der Waals surface area contributed by atoms with Crippen molar-refractivity contribution in [1.29, 1.82) is 0 Å². The third kappa shape index (κ3) is 3.41. The lowest BCUT2D eigenvalue weighted by atomic mass is 9.97. The van der Waals surface area contributed by atoms with E-state index < -0.39 is 0 Å². The zero-order chi connectivity index (χ0) is 18.8. The van der Waals surface area contributed by atoms with Crippen LogP contribution in [-0.4, -0.2) is 20.1 Å². The van der Waals surface area contributed by atoms with Crippen LogP contribution in [0.5, 0.6) is 5.75 Å². The lowest BCUT2D eigenvalue weighted by molar-refractivity contribution is 0.471. The summed E-state index contributed by atoms with van der Waals surface area (Å²) in [5.74, 6) is 0.797. The molecule has 2 N–H and O–H groups in total. The predicted molar refractivity (Wildman–Crippen MR) is 107 cm³/mol. The summed E-state index contributed by atoms with van der Waals surface area (Å²) in [6, 6.07) is 12.7. The molecule has 4 aromatic rings. The lowest BCUT2D eigenvalue weighted by Gasteiger charge is -2.22. The number of fused-ring (bicyclic) bond motifs is 1. The van der Waals surface area contributed by atoms with Crippen LogP contribution in [0, 0.1) is 6.92 Å². The minimum Gasteiger partial charge on any atom is -0.505 e. The van der Waals surface area contributed by atoms with Crippen molar-refractivity contribution in [2.45, 2.75) is 13.0 Å². The Morgan fingerprint density at radius 2 is 1.81 bits per heavy atom. The number of anilines is 1. The van der Waals surface area contributed by atoms with Crippen LogP contribution in [0.3, 0.4) is 0 Å². The van der Waals surface area contributed by atoms with Crippen molar-refractivity contribution < 1.29 is 5.11 Å². The molecule has 3 aromatic heterocycles. The Morgan fingerprint density at radius 3 is 2.59 bits per heavy atom. The molecule has 1 atom stereocenters. The van der Waals surface area contributed by atoms with Crippen molar-refractivity contribution in [2.24, 2.45) is 0 Å². The van der Waals surface area contributed by atoms with E-state index in [0.717, 1.165) is 11.1 Å². The number of halogens is 1. The molecule has 0 aliphatic heterocycles. The predicted octanol–water partition coefficient (Wildman–Crippen LogP) is 4.89. The molecular weight excluding hydrogens is 360 g/mol. The number of rotatable bonds is 4. The van der Waals surface area contributed by atoms with E-state index in [1.807, 2.05) is 37.3 Å². The first-order chi connectivity index (χ1) is 13.1. The van der Waals surface area contributed by atoms with Crippen molar-refractivity contribution in [2.75, 3.05) is 5.32 Å². The normalized spacial score (nSPS) is 12.1. The molecule has 0 spiro atoms. The molecule has 0 saturated carbocycles. The second kappa shape index (κ2) is 7.21. The molecule has 0 radical (unpaired) electrons. The summed E-state index contributed by atoms with van der Waals surface area (Å²) in [5.41, 5.74) is 3.11. The highest BCUT2D eigenvalue weighted by molar-refractivity contribution is 6.35. The van der Waals surface area contributed by atoms with Crippen LogP contribution in [0.2, 0.25) is 5.02 Å². The number of phenolic OH excluding ortho intramolecular Hbond substituents is 1. The van der Waals surface area contributed by atoms with Gasteiger partial charge in [0.25, 0.3) is 0 Å². The summed E-state index contributed by atoms with van der Waals surface area (Å²) in [6.07, 6.45) is 6.81. The number of nitrogens with zero attached hydrogens (tertiary/aromatic N) is 3. The molecule has 4 rings (SSSR count). The van der Waals surface area contributed by atoms with Gasteiger partial charge in [-0.1, -0.05) is 11.6 Å². The van der Waals surface area contributed by atoms with E-state index in [1.165, 1.54) is 0 Å². The van der Waals surface area contributed by atoms with Gasteiger partial charge in [0.2, 0.25) is 0 Å². The van der Waals surface area contributed by atoms with E-state index in [2.05, 4.69) is 20.3 Å². The first kappa shape index (κ1) is 17.2. The summed E-state index contributed by atoms with van der Waals surface area (Å²) in [5, 5.41) is 15.6. The Hall–Kier alpha value is -3.18. The molecule has 1 unspecified atom stereocenters. The molecular formula is C21H17ClN4O. The molecule has 5 nitrogen and oxygen atoms in total. The summed E-state index contributed by atoms with van der Waals surface area (Å²) in [6.45, 7) is 2.00. The Balaban J connectivity index is 1.89. The van der Waals surface area contributed by atoms with E-state index in [9.17, 15) is 5.11 Å². The minimum absolute atomic E-state index is 0.0944. The maximum atomic E-state index is 10.9. The van der Waals surface area contributed by atoms with Gasteiger partial charge in [0.05, 0.1) is 11.1 Å². The van der Waals surface area contributed by atoms with Gasteiger partial charge >= 0.3 is 0 Å². The lowest BCUT2D eigenvalue weighted by Crippen LogP contribution is -2.14. The number of pyridine rings is 3. The Kier molecular flexibility index (Phi) is 4.60. The van der Waals surface area contributed by atoms with Crippen molar-refractivity contribution >= 4 is 28.3 Å². The fourth-order valence-corrected chi connectivity index (χ4v) is 3.36. The number of aryl methyl sites for hydroxylation is 1. The highest BCUT2D eigenvalue weighted by Crippen LogP contribution is 2.39. The first-order valence-corrected chi connectivity index (χ1v) is 8.86. The van der Waals surface area contributed by atoms with Gasteiger partial charge in [0.15, 0.2) is 0 Å². The van der Waals surface area contributed by atoms with Crippen LogP contribution in [0.4, 0.5) is 5.82 Å². The molecule has 0 aliphatic carbocycles. The van der Waals surface area contributed by atoms with E-state index in [4.69, 9.17) is 11.6 Å². The molecule has 0 bridgehead atoms. The SMILES string of the molecule is Cc1ccnc(NC(c2ccncc2)c2cc(Cl)c3cccnc3c2O)c1. The Morgan fingerprint density at radius 1 is 1.00 bits per heavy atom. The number of nitrogens with one attached hydrogen (secondary N) is 1. The molecule has 0 fully saturated rings. The van der Waals surface area contributed by atoms with E-state index in [1.54, 1.807) is 36.9 Å². The van der Waals surface area contributed by atoms with Crippen LogP contribution in [0.1, 0.15) is 22.7 Å². The summed E-state index contributed by atoms with van der Waals surface area (Å²) in [4.78, 5) is 12.8. The standard InChI is InChI=1S/C21H17ClN4O/c1-13-4-10-24-18(11-13)26-19(14-5-8-23-9-6-14)16-12-17(22)15-3-2-7-25-20(15)21(16)27/h2-12,19,27H,1H3,(H,24,26). The van der Waals surface area contributed by atoms with Crippen molar-refractivity contribution in [3.63, 3.8) is 0 Å². The van der Waals surface area contributed by atoms with Crippen LogP contribution < -0.4 is 5.32 Å². The zero-order valence-corrected chi connectivity index (χ0v) is 15.4. The molecule has 6 heteroatoms. The number of hydrogen-bond donors (Lipinski definition) is 2. The monoisotopic (exact) mass is 376 g/mol. The second-order valence-electron chi connectivity index (χ2n) is 6.27. The average molecular weight is 377 g/mol. The summed E-state index contributed by atoms with van der Waals surface area (Å²) in [7, 11) is 0. The maximum Gasteiger partial charge on any atom is 0.147 e. The number of phenols is 1. The number of hydrogen-bond acceptors (Lipinski definition) is 5. The maximum absolute atomic E-state index is 10.9. The van der Waals surface area contributed by atoms with Gasteiger partial charge in [0.1, 0.15) is 17.1 Å².